The molecule has 0 saturated heterocycles. The minimum absolute atomic E-state index is 0.159. The fourth-order valence-electron chi connectivity index (χ4n) is 1.14. The summed E-state index contributed by atoms with van der Waals surface area (Å²) in [6, 6.07) is 7.47. The van der Waals surface area contributed by atoms with Gasteiger partial charge in [0.1, 0.15) is 4.34 Å². The van der Waals surface area contributed by atoms with Crippen molar-refractivity contribution in [3.8, 4) is 0 Å². The number of carbonyl (C=O) groups excluding carboxylic acids is 1. The number of hydrogen-bond donors (Lipinski definition) is 1. The fraction of sp³-hybridized carbons (Fsp3) is 0.100. The van der Waals surface area contributed by atoms with Gasteiger partial charge in [-0.1, -0.05) is 33.8 Å². The van der Waals surface area contributed by atoms with Crippen LogP contribution in [0, 0.1) is 6.92 Å². The zero-order valence-corrected chi connectivity index (χ0v) is 9.97. The minimum Gasteiger partial charge on any atom is -0.321 e. The van der Waals surface area contributed by atoms with E-state index in [9.17, 15) is 4.79 Å². The Morgan fingerprint density at radius 2 is 2.06 bits per heavy atom. The first kappa shape index (κ1) is 11.0. The Hall–Kier alpha value is -1.46. The minimum atomic E-state index is -0.345. The third kappa shape index (κ3) is 2.37. The Morgan fingerprint density at radius 1 is 1.38 bits per heavy atom. The van der Waals surface area contributed by atoms with Crippen LogP contribution in [-0.2, 0) is 0 Å². The van der Waals surface area contributed by atoms with Crippen LogP contribution in [0.1, 0.15) is 16.1 Å². The molecule has 2 rings (SSSR count). The quantitative estimate of drug-likeness (QED) is 0.895. The largest absolute Gasteiger partial charge is 0.321 e. The zero-order valence-electron chi connectivity index (χ0n) is 8.40. The summed E-state index contributed by atoms with van der Waals surface area (Å²) in [5, 5.41) is 6.35. The van der Waals surface area contributed by atoms with Gasteiger partial charge < -0.3 is 5.32 Å². The van der Waals surface area contributed by atoms with Gasteiger partial charge >= 0.3 is 0 Å². The van der Waals surface area contributed by atoms with E-state index in [0.717, 1.165) is 17.1 Å². The van der Waals surface area contributed by atoms with E-state index in [-0.39, 0.29) is 11.6 Å². The predicted octanol–water partition coefficient (Wildman–Crippen LogP) is 2.75. The number of carbonyl (C=O) groups is 1. The highest BCUT2D eigenvalue weighted by molar-refractivity contribution is 7.10. The third-order valence-corrected chi connectivity index (χ3v) is 2.88. The molecule has 6 heteroatoms. The molecule has 0 aliphatic rings. The van der Waals surface area contributed by atoms with Gasteiger partial charge in [0.05, 0.1) is 0 Å². The Morgan fingerprint density at radius 3 is 2.62 bits per heavy atom. The molecule has 1 N–H and O–H groups in total. The van der Waals surface area contributed by atoms with Crippen LogP contribution in [0.3, 0.4) is 0 Å². The van der Waals surface area contributed by atoms with Gasteiger partial charge in [-0.25, -0.2) is 0 Å². The summed E-state index contributed by atoms with van der Waals surface area (Å²) < 4.78 is 3.89. The monoisotopic (exact) mass is 253 g/mol. The van der Waals surface area contributed by atoms with Crippen molar-refractivity contribution in [2.45, 2.75) is 6.92 Å². The molecule has 0 fully saturated rings. The SMILES string of the molecule is Cc1ccc(NC(=O)c2nnsc2Cl)cc1. The smallest absolute Gasteiger partial charge is 0.278 e. The molecule has 0 saturated carbocycles. The van der Waals surface area contributed by atoms with Gasteiger partial charge in [-0.2, -0.15) is 0 Å². The Bertz CT molecular complexity index is 509. The number of halogens is 1. The molecule has 16 heavy (non-hydrogen) atoms. The van der Waals surface area contributed by atoms with Crippen LogP contribution in [-0.4, -0.2) is 15.5 Å². The first-order chi connectivity index (χ1) is 7.66. The van der Waals surface area contributed by atoms with Crippen molar-refractivity contribution in [1.29, 1.82) is 0 Å². The second-order valence-electron chi connectivity index (χ2n) is 3.22. The van der Waals surface area contributed by atoms with E-state index in [1.165, 1.54) is 0 Å². The van der Waals surface area contributed by atoms with Gasteiger partial charge in [-0.3, -0.25) is 4.79 Å². The molecule has 1 amide bonds. The van der Waals surface area contributed by atoms with Crippen molar-refractivity contribution >= 4 is 34.7 Å². The van der Waals surface area contributed by atoms with Crippen LogP contribution in [0.2, 0.25) is 4.34 Å². The number of anilines is 1. The van der Waals surface area contributed by atoms with E-state index < -0.39 is 0 Å². The summed E-state index contributed by atoms with van der Waals surface area (Å²) in [5.74, 6) is -0.345. The lowest BCUT2D eigenvalue weighted by Gasteiger charge is -2.02. The first-order valence-corrected chi connectivity index (χ1v) is 5.68. The average molecular weight is 254 g/mol. The van der Waals surface area contributed by atoms with Crippen LogP contribution >= 0.6 is 23.1 Å². The maximum atomic E-state index is 11.7. The third-order valence-electron chi connectivity index (χ3n) is 1.97. The Balaban J connectivity index is 2.14. The lowest BCUT2D eigenvalue weighted by molar-refractivity contribution is 0.102. The summed E-state index contributed by atoms with van der Waals surface area (Å²) in [6.45, 7) is 1.98. The van der Waals surface area contributed by atoms with E-state index in [4.69, 9.17) is 11.6 Å². The second kappa shape index (κ2) is 4.59. The molecular weight excluding hydrogens is 246 g/mol. The number of hydrogen-bond acceptors (Lipinski definition) is 4. The van der Waals surface area contributed by atoms with E-state index in [2.05, 4.69) is 14.9 Å². The van der Waals surface area contributed by atoms with E-state index >= 15 is 0 Å². The van der Waals surface area contributed by atoms with Gasteiger partial charge in [-0.05, 0) is 19.1 Å². The summed E-state index contributed by atoms with van der Waals surface area (Å²) in [5.41, 5.74) is 2.00. The summed E-state index contributed by atoms with van der Waals surface area (Å²) in [7, 11) is 0. The number of nitrogens with zero attached hydrogens (tertiary/aromatic N) is 2. The van der Waals surface area contributed by atoms with Gasteiger partial charge in [-0.15, -0.1) is 5.10 Å². The maximum absolute atomic E-state index is 11.7. The maximum Gasteiger partial charge on any atom is 0.278 e. The Labute approximate surface area is 101 Å². The number of rotatable bonds is 2. The second-order valence-corrected chi connectivity index (χ2v) is 4.57. The summed E-state index contributed by atoms with van der Waals surface area (Å²) in [6.07, 6.45) is 0. The van der Waals surface area contributed by atoms with Crippen LogP contribution in [0.4, 0.5) is 5.69 Å². The predicted molar refractivity (Wildman–Crippen MR) is 64.1 cm³/mol. The number of nitrogens with one attached hydrogen (secondary N) is 1. The van der Waals surface area contributed by atoms with Crippen LogP contribution in [0.25, 0.3) is 0 Å². The molecule has 0 radical (unpaired) electrons. The molecule has 0 unspecified atom stereocenters. The number of aromatic nitrogens is 2. The lowest BCUT2D eigenvalue weighted by atomic mass is 10.2. The molecule has 0 atom stereocenters. The van der Waals surface area contributed by atoms with Gasteiger partial charge in [0.15, 0.2) is 5.69 Å². The van der Waals surface area contributed by atoms with Crippen LogP contribution in [0.15, 0.2) is 24.3 Å². The van der Waals surface area contributed by atoms with Gasteiger partial charge in [0.2, 0.25) is 0 Å². The van der Waals surface area contributed by atoms with Crippen LogP contribution in [0.5, 0.6) is 0 Å². The van der Waals surface area contributed by atoms with Crippen molar-refractivity contribution in [1.82, 2.24) is 9.59 Å². The molecule has 2 aromatic rings. The molecule has 0 aliphatic carbocycles. The standard InChI is InChI=1S/C10H8ClN3OS/c1-6-2-4-7(5-3-6)12-10(15)8-9(11)16-14-13-8/h2-5H,1H3,(H,12,15). The van der Waals surface area contributed by atoms with Crippen molar-refractivity contribution < 1.29 is 4.79 Å². The number of aryl methyl sites for hydroxylation is 1. The molecule has 0 spiro atoms. The molecule has 1 aromatic heterocycles. The first-order valence-electron chi connectivity index (χ1n) is 4.52. The summed E-state index contributed by atoms with van der Waals surface area (Å²) in [4.78, 5) is 11.7. The Kier molecular flexibility index (Phi) is 3.17. The molecule has 82 valence electrons. The summed E-state index contributed by atoms with van der Waals surface area (Å²) >= 11 is 6.75. The molecule has 1 heterocycles. The van der Waals surface area contributed by atoms with Crippen molar-refractivity contribution in [2.75, 3.05) is 5.32 Å². The van der Waals surface area contributed by atoms with Crippen LogP contribution < -0.4 is 5.32 Å². The normalized spacial score (nSPS) is 10.1. The highest BCUT2D eigenvalue weighted by Crippen LogP contribution is 2.18. The topological polar surface area (TPSA) is 54.9 Å². The van der Waals surface area contributed by atoms with Crippen molar-refractivity contribution in [3.05, 3.63) is 39.9 Å². The highest BCUT2D eigenvalue weighted by atomic mass is 35.5. The fourth-order valence-corrected chi connectivity index (χ4v) is 1.77. The lowest BCUT2D eigenvalue weighted by Crippen LogP contribution is -2.12. The number of benzene rings is 1. The van der Waals surface area contributed by atoms with Crippen molar-refractivity contribution in [2.24, 2.45) is 0 Å². The van der Waals surface area contributed by atoms with E-state index in [0.29, 0.717) is 10.0 Å². The number of amides is 1. The molecule has 4 nitrogen and oxygen atoms in total. The van der Waals surface area contributed by atoms with Crippen molar-refractivity contribution in [3.63, 3.8) is 0 Å². The molecule has 0 aliphatic heterocycles. The molecule has 1 aromatic carbocycles. The van der Waals surface area contributed by atoms with E-state index in [1.54, 1.807) is 0 Å². The molecular formula is C10H8ClN3OS. The molecule has 0 bridgehead atoms. The average Bonchev–Trinajstić information content (AvgIpc) is 2.68. The zero-order chi connectivity index (χ0) is 11.5. The van der Waals surface area contributed by atoms with E-state index in [1.807, 2.05) is 31.2 Å². The highest BCUT2D eigenvalue weighted by Gasteiger charge is 2.14. The van der Waals surface area contributed by atoms with Gasteiger partial charge in [0, 0.05) is 17.2 Å². The van der Waals surface area contributed by atoms with Gasteiger partial charge in [0.25, 0.3) is 5.91 Å².